The number of ether oxygens (including phenoxy) is 2. The van der Waals surface area contributed by atoms with Crippen LogP contribution in [0, 0.1) is 25.2 Å². The predicted molar refractivity (Wildman–Crippen MR) is 79.7 cm³/mol. The van der Waals surface area contributed by atoms with E-state index in [2.05, 4.69) is 10.3 Å². The molecule has 124 valence electrons. The molecule has 0 aromatic carbocycles. The highest BCUT2D eigenvalue weighted by Gasteiger charge is 2.24. The van der Waals surface area contributed by atoms with Crippen LogP contribution in [0.25, 0.3) is 0 Å². The molecule has 23 heavy (non-hydrogen) atoms. The fraction of sp³-hybridized carbons (Fsp3) is 0.467. The number of carbonyl (C=O) groups is 3. The highest BCUT2D eigenvalue weighted by atomic mass is 16.5. The Bertz CT molecular complexity index is 642. The topological polar surface area (TPSA) is 121 Å². The summed E-state index contributed by atoms with van der Waals surface area (Å²) < 4.78 is 9.83. The van der Waals surface area contributed by atoms with Crippen LogP contribution in [-0.4, -0.2) is 42.6 Å². The lowest BCUT2D eigenvalue weighted by molar-refractivity contribution is -0.124. The number of carbonyl (C=O) groups excluding carboxylic acids is 3. The second-order valence-electron chi connectivity index (χ2n) is 4.68. The van der Waals surface area contributed by atoms with Crippen molar-refractivity contribution in [2.75, 3.05) is 19.8 Å². The van der Waals surface area contributed by atoms with Crippen LogP contribution >= 0.6 is 0 Å². The van der Waals surface area contributed by atoms with Gasteiger partial charge >= 0.3 is 11.9 Å². The van der Waals surface area contributed by atoms with Crippen LogP contribution in [0.2, 0.25) is 0 Å². The van der Waals surface area contributed by atoms with Crippen LogP contribution in [0.3, 0.4) is 0 Å². The van der Waals surface area contributed by atoms with Crippen molar-refractivity contribution in [3.63, 3.8) is 0 Å². The standard InChI is InChI=1S/C15H19N3O5/c1-4-22-14(20)12-9(2)13(18-10(12)3)15(21)23-8-11(19)17-7-5-6-16/h18H,4-5,7-8H2,1-3H3,(H,17,19). The fourth-order valence-electron chi connectivity index (χ4n) is 1.98. The third-order valence-corrected chi connectivity index (χ3v) is 3.01. The molecule has 0 spiro atoms. The second-order valence-corrected chi connectivity index (χ2v) is 4.68. The Morgan fingerprint density at radius 2 is 1.91 bits per heavy atom. The first kappa shape index (κ1) is 18.2. The van der Waals surface area contributed by atoms with Crippen molar-refractivity contribution < 1.29 is 23.9 Å². The molecule has 0 aliphatic heterocycles. The second kappa shape index (κ2) is 8.58. The number of nitrogens with zero attached hydrogens (tertiary/aromatic N) is 1. The van der Waals surface area contributed by atoms with Crippen LogP contribution in [0.4, 0.5) is 0 Å². The number of hydrogen-bond acceptors (Lipinski definition) is 6. The van der Waals surface area contributed by atoms with Gasteiger partial charge in [-0.05, 0) is 26.3 Å². The van der Waals surface area contributed by atoms with E-state index in [1.165, 1.54) is 0 Å². The average molecular weight is 321 g/mol. The molecule has 0 fully saturated rings. The largest absolute Gasteiger partial charge is 0.462 e. The van der Waals surface area contributed by atoms with Gasteiger partial charge in [-0.25, -0.2) is 9.59 Å². The normalized spacial score (nSPS) is 9.83. The number of H-pyrrole nitrogens is 1. The maximum Gasteiger partial charge on any atom is 0.355 e. The van der Waals surface area contributed by atoms with Crippen molar-refractivity contribution in [2.45, 2.75) is 27.2 Å². The summed E-state index contributed by atoms with van der Waals surface area (Å²) in [6.07, 6.45) is 0.178. The number of aromatic nitrogens is 1. The van der Waals surface area contributed by atoms with Gasteiger partial charge in [0.1, 0.15) is 5.69 Å². The molecule has 0 radical (unpaired) electrons. The molecule has 0 aliphatic rings. The summed E-state index contributed by atoms with van der Waals surface area (Å²) in [5, 5.41) is 10.8. The molecule has 0 bridgehead atoms. The lowest BCUT2D eigenvalue weighted by Gasteiger charge is -2.05. The summed E-state index contributed by atoms with van der Waals surface area (Å²) >= 11 is 0. The van der Waals surface area contributed by atoms with Crippen molar-refractivity contribution in [2.24, 2.45) is 0 Å². The molecule has 1 aromatic rings. The van der Waals surface area contributed by atoms with Crippen LogP contribution in [0.5, 0.6) is 0 Å². The number of nitriles is 1. The van der Waals surface area contributed by atoms with E-state index in [1.807, 2.05) is 6.07 Å². The number of esters is 2. The molecule has 1 heterocycles. The Labute approximate surface area is 133 Å². The number of amides is 1. The van der Waals surface area contributed by atoms with Gasteiger partial charge in [0.2, 0.25) is 0 Å². The zero-order valence-electron chi connectivity index (χ0n) is 13.3. The van der Waals surface area contributed by atoms with Crippen LogP contribution in [0.15, 0.2) is 0 Å². The summed E-state index contributed by atoms with van der Waals surface area (Å²) in [7, 11) is 0. The molecule has 0 aliphatic carbocycles. The highest BCUT2D eigenvalue weighted by molar-refractivity contribution is 5.99. The van der Waals surface area contributed by atoms with E-state index in [0.29, 0.717) is 11.3 Å². The number of hydrogen-bond donors (Lipinski definition) is 2. The van der Waals surface area contributed by atoms with Crippen molar-refractivity contribution in [1.29, 1.82) is 5.26 Å². The third-order valence-electron chi connectivity index (χ3n) is 3.01. The predicted octanol–water partition coefficient (Wildman–Crippen LogP) is 0.995. The smallest absolute Gasteiger partial charge is 0.355 e. The van der Waals surface area contributed by atoms with E-state index in [0.717, 1.165) is 0 Å². The molecule has 1 rings (SSSR count). The summed E-state index contributed by atoms with van der Waals surface area (Å²) in [6, 6.07) is 1.88. The zero-order valence-corrected chi connectivity index (χ0v) is 13.3. The number of rotatable bonds is 7. The Kier molecular flexibility index (Phi) is 6.80. The molecule has 1 amide bonds. The Balaban J connectivity index is 2.71. The lowest BCUT2D eigenvalue weighted by Crippen LogP contribution is -2.29. The minimum absolute atomic E-state index is 0.107. The molecular formula is C15H19N3O5. The van der Waals surface area contributed by atoms with Gasteiger partial charge in [-0.1, -0.05) is 0 Å². The van der Waals surface area contributed by atoms with Crippen molar-refractivity contribution in [1.82, 2.24) is 10.3 Å². The molecule has 8 heteroatoms. The average Bonchev–Trinajstić information content (AvgIpc) is 2.80. The molecule has 2 N–H and O–H groups in total. The third kappa shape index (κ3) is 4.85. The molecule has 8 nitrogen and oxygen atoms in total. The SMILES string of the molecule is CCOC(=O)c1c(C)[nH]c(C(=O)OCC(=O)NCCC#N)c1C. The van der Waals surface area contributed by atoms with E-state index in [9.17, 15) is 14.4 Å². The van der Waals surface area contributed by atoms with Gasteiger partial charge in [0.05, 0.1) is 24.7 Å². The summed E-state index contributed by atoms with van der Waals surface area (Å²) in [5.74, 6) is -1.76. The molecule has 0 unspecified atom stereocenters. The van der Waals surface area contributed by atoms with Crippen molar-refractivity contribution in [3.8, 4) is 6.07 Å². The zero-order chi connectivity index (χ0) is 17.4. The first-order chi connectivity index (χ1) is 10.9. The first-order valence-corrected chi connectivity index (χ1v) is 7.09. The van der Waals surface area contributed by atoms with Gasteiger partial charge in [-0.15, -0.1) is 0 Å². The van der Waals surface area contributed by atoms with Crippen LogP contribution in [-0.2, 0) is 14.3 Å². The molecule has 0 atom stereocenters. The number of nitrogens with one attached hydrogen (secondary N) is 2. The fourth-order valence-corrected chi connectivity index (χ4v) is 1.98. The van der Waals surface area contributed by atoms with Gasteiger partial charge in [0.15, 0.2) is 6.61 Å². The summed E-state index contributed by atoms with van der Waals surface area (Å²) in [4.78, 5) is 38.1. The maximum absolute atomic E-state index is 12.0. The monoisotopic (exact) mass is 321 g/mol. The van der Waals surface area contributed by atoms with E-state index >= 15 is 0 Å². The Hall–Kier alpha value is -2.82. The summed E-state index contributed by atoms with van der Waals surface area (Å²) in [6.45, 7) is 4.89. The van der Waals surface area contributed by atoms with Gasteiger partial charge < -0.3 is 19.8 Å². The van der Waals surface area contributed by atoms with E-state index < -0.39 is 24.5 Å². The maximum atomic E-state index is 12.0. The number of aromatic amines is 1. The van der Waals surface area contributed by atoms with Gasteiger partial charge in [0.25, 0.3) is 5.91 Å². The minimum atomic E-state index is -0.739. The van der Waals surface area contributed by atoms with E-state index in [1.54, 1.807) is 20.8 Å². The van der Waals surface area contributed by atoms with Gasteiger partial charge in [-0.2, -0.15) is 5.26 Å². The summed E-state index contributed by atoms with van der Waals surface area (Å²) in [5.41, 5.74) is 1.30. The van der Waals surface area contributed by atoms with Crippen molar-refractivity contribution in [3.05, 3.63) is 22.5 Å². The number of aryl methyl sites for hydroxylation is 1. The van der Waals surface area contributed by atoms with E-state index in [-0.39, 0.29) is 30.8 Å². The molecule has 0 saturated heterocycles. The van der Waals surface area contributed by atoms with Crippen LogP contribution in [0.1, 0.15) is 45.4 Å². The molecule has 0 saturated carbocycles. The quantitative estimate of drug-likeness (QED) is 0.570. The Morgan fingerprint density at radius 1 is 1.22 bits per heavy atom. The van der Waals surface area contributed by atoms with E-state index in [4.69, 9.17) is 14.7 Å². The lowest BCUT2D eigenvalue weighted by atomic mass is 10.1. The molecular weight excluding hydrogens is 302 g/mol. The highest BCUT2D eigenvalue weighted by Crippen LogP contribution is 2.19. The van der Waals surface area contributed by atoms with Crippen molar-refractivity contribution >= 4 is 17.8 Å². The first-order valence-electron chi connectivity index (χ1n) is 7.09. The van der Waals surface area contributed by atoms with Crippen LogP contribution < -0.4 is 5.32 Å². The van der Waals surface area contributed by atoms with Gasteiger partial charge in [-0.3, -0.25) is 4.79 Å². The molecule has 1 aromatic heterocycles. The minimum Gasteiger partial charge on any atom is -0.462 e. The van der Waals surface area contributed by atoms with Gasteiger partial charge in [0, 0.05) is 12.2 Å². The Morgan fingerprint density at radius 3 is 2.52 bits per heavy atom.